The lowest BCUT2D eigenvalue weighted by atomic mass is 9.87. The number of hydrogen-bond acceptors (Lipinski definition) is 4. The van der Waals surface area contributed by atoms with Gasteiger partial charge in [-0.05, 0) is 18.2 Å². The molecule has 1 aliphatic rings. The average Bonchev–Trinajstić information content (AvgIpc) is 2.29. The third-order valence-corrected chi connectivity index (χ3v) is 2.91. The zero-order valence-electron chi connectivity index (χ0n) is 9.24. The molecule has 2 N–H and O–H groups in total. The van der Waals surface area contributed by atoms with Crippen LogP contribution in [0, 0.1) is 22.6 Å². The zero-order valence-corrected chi connectivity index (χ0v) is 9.24. The lowest BCUT2D eigenvalue weighted by Crippen LogP contribution is -2.50. The van der Waals surface area contributed by atoms with Crippen molar-refractivity contribution in [3.63, 3.8) is 0 Å². The highest BCUT2D eigenvalue weighted by atomic mass is 19.1. The van der Waals surface area contributed by atoms with Gasteiger partial charge in [0.05, 0.1) is 36.5 Å². The van der Waals surface area contributed by atoms with Crippen molar-refractivity contribution < 1.29 is 14.2 Å². The lowest BCUT2D eigenvalue weighted by Gasteiger charge is -2.40. The predicted molar refractivity (Wildman–Crippen MR) is 59.9 cm³/mol. The Hall–Kier alpha value is -1.64. The van der Waals surface area contributed by atoms with E-state index in [0.717, 1.165) is 0 Å². The third-order valence-electron chi connectivity index (χ3n) is 2.91. The van der Waals surface area contributed by atoms with E-state index in [-0.39, 0.29) is 17.6 Å². The van der Waals surface area contributed by atoms with Gasteiger partial charge in [-0.25, -0.2) is 4.39 Å². The second-order valence-corrected chi connectivity index (χ2v) is 4.31. The number of benzene rings is 1. The maximum absolute atomic E-state index is 12.9. The highest BCUT2D eigenvalue weighted by molar-refractivity contribution is 5.57. The molecule has 1 fully saturated rings. The van der Waals surface area contributed by atoms with Crippen molar-refractivity contribution >= 4 is 5.69 Å². The van der Waals surface area contributed by atoms with Crippen molar-refractivity contribution in [1.29, 1.82) is 5.26 Å². The smallest absolute Gasteiger partial charge is 0.124 e. The second-order valence-electron chi connectivity index (χ2n) is 4.31. The molecule has 0 amide bonds. The highest BCUT2D eigenvalue weighted by Gasteiger charge is 2.37. The number of aliphatic hydroxyl groups is 1. The van der Waals surface area contributed by atoms with E-state index >= 15 is 0 Å². The molecule has 0 aromatic heterocycles. The molecule has 1 aromatic carbocycles. The summed E-state index contributed by atoms with van der Waals surface area (Å²) in [7, 11) is 0. The molecule has 1 aromatic rings. The lowest BCUT2D eigenvalue weighted by molar-refractivity contribution is -0.128. The van der Waals surface area contributed by atoms with Crippen LogP contribution in [0.25, 0.3) is 0 Å². The number of nitrogens with one attached hydrogen (secondary N) is 1. The number of anilines is 1. The Morgan fingerprint density at radius 3 is 2.82 bits per heavy atom. The van der Waals surface area contributed by atoms with Crippen molar-refractivity contribution in [3.8, 4) is 6.07 Å². The van der Waals surface area contributed by atoms with Crippen LogP contribution < -0.4 is 5.32 Å². The summed E-state index contributed by atoms with van der Waals surface area (Å²) < 4.78 is 18.0. The molecule has 17 heavy (non-hydrogen) atoms. The van der Waals surface area contributed by atoms with E-state index in [0.29, 0.717) is 25.4 Å². The van der Waals surface area contributed by atoms with E-state index in [4.69, 9.17) is 10.00 Å². The van der Waals surface area contributed by atoms with Crippen LogP contribution in [-0.2, 0) is 4.74 Å². The molecule has 0 atom stereocenters. The maximum atomic E-state index is 12.9. The summed E-state index contributed by atoms with van der Waals surface area (Å²) in [4.78, 5) is 0. The van der Waals surface area contributed by atoms with Gasteiger partial charge < -0.3 is 15.2 Å². The van der Waals surface area contributed by atoms with E-state index in [1.54, 1.807) is 0 Å². The van der Waals surface area contributed by atoms with Gasteiger partial charge in [0, 0.05) is 6.54 Å². The first kappa shape index (κ1) is 11.8. The number of nitrogens with zero attached hydrogens (tertiary/aromatic N) is 1. The number of hydrogen-bond donors (Lipinski definition) is 2. The summed E-state index contributed by atoms with van der Waals surface area (Å²) in [6, 6.07) is 5.94. The molecule has 1 aliphatic heterocycles. The van der Waals surface area contributed by atoms with Gasteiger partial charge in [0.15, 0.2) is 0 Å². The van der Waals surface area contributed by atoms with Gasteiger partial charge in [-0.2, -0.15) is 5.26 Å². The molecule has 1 saturated heterocycles. The fourth-order valence-corrected chi connectivity index (χ4v) is 1.69. The summed E-state index contributed by atoms with van der Waals surface area (Å²) in [6.07, 6.45) is 0. The Kier molecular flexibility index (Phi) is 3.27. The van der Waals surface area contributed by atoms with Crippen LogP contribution in [0.2, 0.25) is 0 Å². The third kappa shape index (κ3) is 2.38. The molecule has 0 aliphatic carbocycles. The van der Waals surface area contributed by atoms with Gasteiger partial charge in [0.25, 0.3) is 0 Å². The molecule has 2 rings (SSSR count). The molecule has 0 spiro atoms. The predicted octanol–water partition coefficient (Wildman–Crippen LogP) is 1.12. The van der Waals surface area contributed by atoms with Gasteiger partial charge in [-0.15, -0.1) is 0 Å². The minimum absolute atomic E-state index is 0.0308. The summed E-state index contributed by atoms with van der Waals surface area (Å²) >= 11 is 0. The van der Waals surface area contributed by atoms with E-state index in [1.165, 1.54) is 18.2 Å². The SMILES string of the molecule is N#Cc1cc(F)ccc1NCC1(CO)COC1. The van der Waals surface area contributed by atoms with E-state index < -0.39 is 5.82 Å². The highest BCUT2D eigenvalue weighted by Crippen LogP contribution is 2.27. The summed E-state index contributed by atoms with van der Waals surface area (Å²) in [5, 5.41) is 21.2. The zero-order chi connectivity index (χ0) is 12.3. The van der Waals surface area contributed by atoms with Crippen LogP contribution in [0.15, 0.2) is 18.2 Å². The van der Waals surface area contributed by atoms with Crippen LogP contribution >= 0.6 is 0 Å². The fraction of sp³-hybridized carbons (Fsp3) is 0.417. The van der Waals surface area contributed by atoms with Crippen molar-refractivity contribution in [2.45, 2.75) is 0 Å². The number of nitriles is 1. The van der Waals surface area contributed by atoms with Crippen molar-refractivity contribution in [2.75, 3.05) is 31.7 Å². The van der Waals surface area contributed by atoms with Gasteiger partial charge >= 0.3 is 0 Å². The van der Waals surface area contributed by atoms with Crippen LogP contribution in [0.5, 0.6) is 0 Å². The number of rotatable bonds is 4. The molecular formula is C12H13FN2O2. The van der Waals surface area contributed by atoms with E-state index in [1.807, 2.05) is 6.07 Å². The fourth-order valence-electron chi connectivity index (χ4n) is 1.69. The van der Waals surface area contributed by atoms with Crippen LogP contribution in [0.4, 0.5) is 10.1 Å². The molecule has 90 valence electrons. The second kappa shape index (κ2) is 4.70. The molecule has 5 heteroatoms. The largest absolute Gasteiger partial charge is 0.396 e. The first-order valence-corrected chi connectivity index (χ1v) is 5.31. The monoisotopic (exact) mass is 236 g/mol. The normalized spacial score (nSPS) is 17.0. The molecule has 0 saturated carbocycles. The first-order chi connectivity index (χ1) is 8.19. The Morgan fingerprint density at radius 2 is 2.29 bits per heavy atom. The standard InChI is InChI=1S/C12H13FN2O2/c13-10-1-2-11(9(3-10)4-14)15-5-12(6-16)7-17-8-12/h1-3,15-16H,5-8H2. The van der Waals surface area contributed by atoms with Crippen molar-refractivity contribution in [2.24, 2.45) is 5.41 Å². The van der Waals surface area contributed by atoms with Crippen molar-refractivity contribution in [3.05, 3.63) is 29.6 Å². The Labute approximate surface area is 98.6 Å². The molecule has 0 unspecified atom stereocenters. The van der Waals surface area contributed by atoms with Crippen LogP contribution in [0.1, 0.15) is 5.56 Å². The Bertz CT molecular complexity index is 447. The number of ether oxygens (including phenoxy) is 1. The maximum Gasteiger partial charge on any atom is 0.124 e. The Morgan fingerprint density at radius 1 is 1.53 bits per heavy atom. The topological polar surface area (TPSA) is 65.3 Å². The minimum Gasteiger partial charge on any atom is -0.396 e. The van der Waals surface area contributed by atoms with Crippen LogP contribution in [-0.4, -0.2) is 31.5 Å². The van der Waals surface area contributed by atoms with Gasteiger partial charge in [0.1, 0.15) is 11.9 Å². The summed E-state index contributed by atoms with van der Waals surface area (Å²) in [5.74, 6) is -0.434. The quantitative estimate of drug-likeness (QED) is 0.822. The van der Waals surface area contributed by atoms with Gasteiger partial charge in [0.2, 0.25) is 0 Å². The number of halogens is 1. The molecule has 4 nitrogen and oxygen atoms in total. The summed E-state index contributed by atoms with van der Waals surface area (Å²) in [5.41, 5.74) is 0.563. The van der Waals surface area contributed by atoms with E-state index in [9.17, 15) is 9.50 Å². The molecular weight excluding hydrogens is 223 g/mol. The molecule has 0 radical (unpaired) electrons. The van der Waals surface area contributed by atoms with Crippen LogP contribution in [0.3, 0.4) is 0 Å². The van der Waals surface area contributed by atoms with Gasteiger partial charge in [-0.3, -0.25) is 0 Å². The number of aliphatic hydroxyl groups excluding tert-OH is 1. The average molecular weight is 236 g/mol. The first-order valence-electron chi connectivity index (χ1n) is 5.31. The minimum atomic E-state index is -0.434. The van der Waals surface area contributed by atoms with Crippen molar-refractivity contribution in [1.82, 2.24) is 0 Å². The molecule has 0 bridgehead atoms. The molecule has 1 heterocycles. The summed E-state index contributed by atoms with van der Waals surface area (Å²) in [6.45, 7) is 1.53. The Balaban J connectivity index is 2.06. The van der Waals surface area contributed by atoms with E-state index in [2.05, 4.69) is 5.32 Å². The van der Waals surface area contributed by atoms with Gasteiger partial charge in [-0.1, -0.05) is 0 Å².